The van der Waals surface area contributed by atoms with Crippen molar-refractivity contribution in [2.24, 2.45) is 0 Å². The zero-order valence-electron chi connectivity index (χ0n) is 9.74. The third-order valence-electron chi connectivity index (χ3n) is 2.59. The fourth-order valence-electron chi connectivity index (χ4n) is 1.72. The highest BCUT2D eigenvalue weighted by atomic mass is 32.1. The van der Waals surface area contributed by atoms with Gasteiger partial charge in [-0.15, -0.1) is 0 Å². The maximum Gasteiger partial charge on any atom is 0.345 e. The van der Waals surface area contributed by atoms with Gasteiger partial charge in [0.25, 0.3) is 0 Å². The van der Waals surface area contributed by atoms with Gasteiger partial charge in [0.2, 0.25) is 0 Å². The third-order valence-corrected chi connectivity index (χ3v) is 3.54. The predicted molar refractivity (Wildman–Crippen MR) is 73.1 cm³/mol. The van der Waals surface area contributed by atoms with Gasteiger partial charge in [0.15, 0.2) is 5.06 Å². The Morgan fingerprint density at radius 1 is 1.21 bits per heavy atom. The van der Waals surface area contributed by atoms with Crippen LogP contribution in [0.3, 0.4) is 0 Å². The maximum atomic E-state index is 10.8. The number of benzene rings is 1. The summed E-state index contributed by atoms with van der Waals surface area (Å²) in [6, 6.07) is 12.6. The highest BCUT2D eigenvalue weighted by Crippen LogP contribution is 2.30. The first-order valence-electron chi connectivity index (χ1n) is 5.58. The van der Waals surface area contributed by atoms with Gasteiger partial charge < -0.3 is 9.84 Å². The van der Waals surface area contributed by atoms with Crippen molar-refractivity contribution in [3.8, 4) is 10.8 Å². The molecule has 4 nitrogen and oxygen atoms in total. The standard InChI is InChI=1S/C14H9NO3S/c16-14(17)12-5-6-13(19-12)18-10-4-3-9-2-1-7-15-11(9)8-10/h1-8H,(H,16,17). The van der Waals surface area contributed by atoms with E-state index in [1.807, 2.05) is 30.3 Å². The van der Waals surface area contributed by atoms with Crippen LogP contribution in [0, 0.1) is 0 Å². The Morgan fingerprint density at radius 2 is 2.11 bits per heavy atom. The number of pyridine rings is 1. The van der Waals surface area contributed by atoms with Gasteiger partial charge in [0.1, 0.15) is 10.6 Å². The molecule has 0 aliphatic heterocycles. The number of rotatable bonds is 3. The first-order valence-corrected chi connectivity index (χ1v) is 6.40. The van der Waals surface area contributed by atoms with Gasteiger partial charge in [0.05, 0.1) is 5.52 Å². The van der Waals surface area contributed by atoms with Crippen LogP contribution >= 0.6 is 11.3 Å². The number of aromatic nitrogens is 1. The molecule has 2 aromatic heterocycles. The van der Waals surface area contributed by atoms with Crippen LogP contribution in [0.15, 0.2) is 48.7 Å². The van der Waals surface area contributed by atoms with Crippen molar-refractivity contribution in [2.75, 3.05) is 0 Å². The number of thiophene rings is 1. The van der Waals surface area contributed by atoms with Crippen LogP contribution in [-0.4, -0.2) is 16.1 Å². The van der Waals surface area contributed by atoms with Crippen LogP contribution in [0.25, 0.3) is 10.9 Å². The molecule has 0 saturated heterocycles. The van der Waals surface area contributed by atoms with Crippen LogP contribution in [0.2, 0.25) is 0 Å². The summed E-state index contributed by atoms with van der Waals surface area (Å²) in [7, 11) is 0. The zero-order valence-corrected chi connectivity index (χ0v) is 10.6. The Hall–Kier alpha value is -2.40. The summed E-state index contributed by atoms with van der Waals surface area (Å²) in [5.74, 6) is -0.301. The van der Waals surface area contributed by atoms with E-state index < -0.39 is 5.97 Å². The Kier molecular flexibility index (Phi) is 2.89. The molecule has 19 heavy (non-hydrogen) atoms. The molecule has 5 heteroatoms. The van der Waals surface area contributed by atoms with Gasteiger partial charge in [-0.05, 0) is 30.3 Å². The lowest BCUT2D eigenvalue weighted by Gasteiger charge is -2.03. The zero-order chi connectivity index (χ0) is 13.2. The summed E-state index contributed by atoms with van der Waals surface area (Å²) < 4.78 is 5.63. The molecule has 94 valence electrons. The molecular formula is C14H9NO3S. The predicted octanol–water partition coefficient (Wildman–Crippen LogP) is 3.79. The van der Waals surface area contributed by atoms with Crippen LogP contribution < -0.4 is 4.74 Å². The molecule has 0 aliphatic rings. The number of aromatic carboxylic acids is 1. The molecule has 3 rings (SSSR count). The van der Waals surface area contributed by atoms with Crippen LogP contribution in [0.1, 0.15) is 9.67 Å². The van der Waals surface area contributed by atoms with Gasteiger partial charge in [-0.25, -0.2) is 4.79 Å². The summed E-state index contributed by atoms with van der Waals surface area (Å²) in [5, 5.41) is 10.4. The average molecular weight is 271 g/mol. The molecule has 0 atom stereocenters. The Balaban J connectivity index is 1.89. The molecule has 0 radical (unpaired) electrons. The first kappa shape index (κ1) is 11.7. The lowest BCUT2D eigenvalue weighted by atomic mass is 10.2. The monoisotopic (exact) mass is 271 g/mol. The SMILES string of the molecule is O=C(O)c1ccc(Oc2ccc3cccnc3c2)s1. The van der Waals surface area contributed by atoms with Crippen LogP contribution in [0.5, 0.6) is 10.8 Å². The van der Waals surface area contributed by atoms with Crippen LogP contribution in [-0.2, 0) is 0 Å². The van der Waals surface area contributed by atoms with Crippen LogP contribution in [0.4, 0.5) is 0 Å². The van der Waals surface area contributed by atoms with E-state index in [4.69, 9.17) is 9.84 Å². The number of hydrogen-bond acceptors (Lipinski definition) is 4. The molecule has 0 amide bonds. The Labute approximate surface area is 112 Å². The third kappa shape index (κ3) is 2.41. The molecule has 1 N–H and O–H groups in total. The fourth-order valence-corrected chi connectivity index (χ4v) is 2.43. The van der Waals surface area contributed by atoms with Crippen molar-refractivity contribution >= 4 is 28.2 Å². The second-order valence-electron chi connectivity index (χ2n) is 3.88. The van der Waals surface area contributed by atoms with E-state index in [1.165, 1.54) is 6.07 Å². The molecular weight excluding hydrogens is 262 g/mol. The summed E-state index contributed by atoms with van der Waals surface area (Å²) in [6.45, 7) is 0. The van der Waals surface area contributed by atoms with Crippen molar-refractivity contribution in [1.29, 1.82) is 0 Å². The van der Waals surface area contributed by atoms with Crippen molar-refractivity contribution in [3.05, 3.63) is 53.5 Å². The van der Waals surface area contributed by atoms with Gasteiger partial charge >= 0.3 is 5.97 Å². The number of carboxylic acid groups (broad SMARTS) is 1. The molecule has 0 saturated carbocycles. The van der Waals surface area contributed by atoms with Crippen molar-refractivity contribution in [2.45, 2.75) is 0 Å². The number of carboxylic acids is 1. The minimum Gasteiger partial charge on any atom is -0.477 e. The molecule has 1 aromatic carbocycles. The molecule has 0 bridgehead atoms. The lowest BCUT2D eigenvalue weighted by Crippen LogP contribution is -1.89. The molecule has 0 aliphatic carbocycles. The molecule has 0 fully saturated rings. The minimum absolute atomic E-state index is 0.258. The molecule has 0 spiro atoms. The summed E-state index contributed by atoms with van der Waals surface area (Å²) in [6.07, 6.45) is 1.72. The maximum absolute atomic E-state index is 10.8. The smallest absolute Gasteiger partial charge is 0.345 e. The Bertz CT molecular complexity index is 751. The fraction of sp³-hybridized carbons (Fsp3) is 0. The largest absolute Gasteiger partial charge is 0.477 e. The highest BCUT2D eigenvalue weighted by Gasteiger charge is 2.08. The lowest BCUT2D eigenvalue weighted by molar-refractivity contribution is 0.0702. The number of ether oxygens (including phenoxy) is 1. The second kappa shape index (κ2) is 4.70. The van der Waals surface area contributed by atoms with E-state index >= 15 is 0 Å². The number of nitrogens with zero attached hydrogens (tertiary/aromatic N) is 1. The number of fused-ring (bicyclic) bond motifs is 1. The van der Waals surface area contributed by atoms with E-state index in [9.17, 15) is 4.79 Å². The summed E-state index contributed by atoms with van der Waals surface area (Å²) in [4.78, 5) is 15.3. The van der Waals surface area contributed by atoms with E-state index in [-0.39, 0.29) is 4.88 Å². The van der Waals surface area contributed by atoms with Gasteiger partial charge in [-0.2, -0.15) is 0 Å². The summed E-state index contributed by atoms with van der Waals surface area (Å²) >= 11 is 1.10. The van der Waals surface area contributed by atoms with E-state index in [0.717, 1.165) is 22.2 Å². The van der Waals surface area contributed by atoms with Gasteiger partial charge in [-0.1, -0.05) is 17.4 Å². The number of carbonyl (C=O) groups is 1. The Morgan fingerprint density at radius 3 is 2.89 bits per heavy atom. The van der Waals surface area contributed by atoms with Crippen molar-refractivity contribution < 1.29 is 14.6 Å². The summed E-state index contributed by atoms with van der Waals surface area (Å²) in [5.41, 5.74) is 0.843. The quantitative estimate of drug-likeness (QED) is 0.787. The normalized spacial score (nSPS) is 10.5. The van der Waals surface area contributed by atoms with Crippen molar-refractivity contribution in [1.82, 2.24) is 4.98 Å². The van der Waals surface area contributed by atoms with Gasteiger partial charge in [0, 0.05) is 17.6 Å². The number of hydrogen-bond donors (Lipinski definition) is 1. The highest BCUT2D eigenvalue weighted by molar-refractivity contribution is 7.15. The molecule has 3 aromatic rings. The van der Waals surface area contributed by atoms with E-state index in [2.05, 4.69) is 4.98 Å². The van der Waals surface area contributed by atoms with Crippen molar-refractivity contribution in [3.63, 3.8) is 0 Å². The average Bonchev–Trinajstić information content (AvgIpc) is 2.87. The minimum atomic E-state index is -0.944. The topological polar surface area (TPSA) is 59.4 Å². The van der Waals surface area contributed by atoms with E-state index in [1.54, 1.807) is 12.3 Å². The van der Waals surface area contributed by atoms with Gasteiger partial charge in [-0.3, -0.25) is 4.98 Å². The van der Waals surface area contributed by atoms with E-state index in [0.29, 0.717) is 10.8 Å². The molecule has 0 unspecified atom stereocenters. The first-order chi connectivity index (χ1) is 9.22. The molecule has 2 heterocycles. The second-order valence-corrected chi connectivity index (χ2v) is 4.93.